The fourth-order valence-corrected chi connectivity index (χ4v) is 3.97. The third kappa shape index (κ3) is 5.18. The van der Waals surface area contributed by atoms with Gasteiger partial charge in [-0.2, -0.15) is 0 Å². The highest BCUT2D eigenvalue weighted by molar-refractivity contribution is 6.31. The molecule has 1 unspecified atom stereocenters. The van der Waals surface area contributed by atoms with Crippen molar-refractivity contribution in [1.82, 2.24) is 4.90 Å². The van der Waals surface area contributed by atoms with Crippen molar-refractivity contribution in [3.63, 3.8) is 0 Å². The van der Waals surface area contributed by atoms with Gasteiger partial charge in [0.15, 0.2) is 6.61 Å². The maximum Gasteiger partial charge on any atom is 0.261 e. The molecule has 1 atom stereocenters. The first-order valence-electron chi connectivity index (χ1n) is 10.3. The van der Waals surface area contributed by atoms with Crippen LogP contribution in [-0.2, 0) is 20.9 Å². The standard InChI is InChI=1S/C25H20Cl2N2O4/c26-18-10-12-19(13-11-18)29-23(30)14-22(25(29)32)28(15-17-6-4-5-9-21(17)27)24(31)16-33-20-7-2-1-3-8-20/h1-13,22H,14-16H2. The quantitative estimate of drug-likeness (QED) is 0.456. The number of rotatable bonds is 7. The number of nitrogens with zero attached hydrogens (tertiary/aromatic N) is 2. The molecule has 33 heavy (non-hydrogen) atoms. The topological polar surface area (TPSA) is 66.9 Å². The largest absolute Gasteiger partial charge is 0.484 e. The van der Waals surface area contributed by atoms with E-state index in [1.165, 1.54) is 4.90 Å². The lowest BCUT2D eigenvalue weighted by Crippen LogP contribution is -2.46. The Morgan fingerprint density at radius 3 is 2.30 bits per heavy atom. The van der Waals surface area contributed by atoms with Gasteiger partial charge < -0.3 is 9.64 Å². The summed E-state index contributed by atoms with van der Waals surface area (Å²) in [5, 5.41) is 0.952. The molecule has 0 spiro atoms. The summed E-state index contributed by atoms with van der Waals surface area (Å²) in [6.07, 6.45) is -0.136. The summed E-state index contributed by atoms with van der Waals surface area (Å²) >= 11 is 12.2. The van der Waals surface area contributed by atoms with Crippen molar-refractivity contribution >= 4 is 46.6 Å². The molecule has 3 amide bonds. The minimum Gasteiger partial charge on any atom is -0.484 e. The molecule has 0 bridgehead atoms. The van der Waals surface area contributed by atoms with Gasteiger partial charge in [0.05, 0.1) is 12.1 Å². The van der Waals surface area contributed by atoms with E-state index in [1.54, 1.807) is 72.8 Å². The molecular formula is C25H20Cl2N2O4. The van der Waals surface area contributed by atoms with Crippen molar-refractivity contribution in [3.8, 4) is 5.75 Å². The summed E-state index contributed by atoms with van der Waals surface area (Å²) in [6.45, 7) is -0.220. The number of hydrogen-bond acceptors (Lipinski definition) is 4. The molecule has 3 aromatic rings. The Balaban J connectivity index is 1.60. The maximum absolute atomic E-state index is 13.3. The monoisotopic (exact) mass is 482 g/mol. The number of para-hydroxylation sites is 1. The second kappa shape index (κ2) is 10.1. The van der Waals surface area contributed by atoms with Crippen molar-refractivity contribution < 1.29 is 19.1 Å². The number of halogens is 2. The highest BCUT2D eigenvalue weighted by Crippen LogP contribution is 2.29. The van der Waals surface area contributed by atoms with E-state index in [2.05, 4.69) is 0 Å². The molecule has 0 N–H and O–H groups in total. The maximum atomic E-state index is 13.3. The zero-order valence-electron chi connectivity index (χ0n) is 17.5. The van der Waals surface area contributed by atoms with Gasteiger partial charge >= 0.3 is 0 Å². The van der Waals surface area contributed by atoms with Crippen LogP contribution in [0.2, 0.25) is 10.0 Å². The van der Waals surface area contributed by atoms with E-state index in [9.17, 15) is 14.4 Å². The van der Waals surface area contributed by atoms with E-state index in [4.69, 9.17) is 27.9 Å². The molecule has 3 aromatic carbocycles. The van der Waals surface area contributed by atoms with Gasteiger partial charge in [-0.1, -0.05) is 59.6 Å². The number of amides is 3. The van der Waals surface area contributed by atoms with E-state index in [0.717, 1.165) is 4.90 Å². The molecule has 0 radical (unpaired) electrons. The summed E-state index contributed by atoms with van der Waals surface area (Å²) in [6, 6.07) is 21.4. The van der Waals surface area contributed by atoms with Crippen LogP contribution in [0, 0.1) is 0 Å². The zero-order valence-corrected chi connectivity index (χ0v) is 19.0. The van der Waals surface area contributed by atoms with Gasteiger partial charge in [0.2, 0.25) is 5.91 Å². The van der Waals surface area contributed by atoms with E-state index in [1.807, 2.05) is 6.07 Å². The second-order valence-electron chi connectivity index (χ2n) is 7.48. The van der Waals surface area contributed by atoms with Gasteiger partial charge in [-0.05, 0) is 48.0 Å². The van der Waals surface area contributed by atoms with Gasteiger partial charge in [0, 0.05) is 16.6 Å². The summed E-state index contributed by atoms with van der Waals surface area (Å²) in [4.78, 5) is 41.8. The predicted molar refractivity (Wildman–Crippen MR) is 126 cm³/mol. The van der Waals surface area contributed by atoms with E-state index in [-0.39, 0.29) is 19.6 Å². The lowest BCUT2D eigenvalue weighted by molar-refractivity contribution is -0.140. The normalized spacial score (nSPS) is 15.6. The van der Waals surface area contributed by atoms with Gasteiger partial charge in [-0.3, -0.25) is 14.4 Å². The molecule has 168 valence electrons. The molecule has 6 nitrogen and oxygen atoms in total. The van der Waals surface area contributed by atoms with Crippen LogP contribution < -0.4 is 9.64 Å². The highest BCUT2D eigenvalue weighted by atomic mass is 35.5. The Morgan fingerprint density at radius 2 is 1.61 bits per heavy atom. The molecule has 1 fully saturated rings. The molecule has 8 heteroatoms. The molecule has 0 aliphatic carbocycles. The third-order valence-corrected chi connectivity index (χ3v) is 5.93. The van der Waals surface area contributed by atoms with Crippen molar-refractivity contribution in [2.45, 2.75) is 19.0 Å². The van der Waals surface area contributed by atoms with E-state index in [0.29, 0.717) is 27.0 Å². The Morgan fingerprint density at radius 1 is 0.939 bits per heavy atom. The number of anilines is 1. The number of hydrogen-bond donors (Lipinski definition) is 0. The Kier molecular flexibility index (Phi) is 6.96. The minimum atomic E-state index is -0.976. The summed E-state index contributed by atoms with van der Waals surface area (Å²) < 4.78 is 5.61. The molecule has 0 saturated carbocycles. The summed E-state index contributed by atoms with van der Waals surface area (Å²) in [5.41, 5.74) is 1.07. The smallest absolute Gasteiger partial charge is 0.261 e. The number of ether oxygens (including phenoxy) is 1. The third-order valence-electron chi connectivity index (χ3n) is 5.31. The number of benzene rings is 3. The average Bonchev–Trinajstić information content (AvgIpc) is 3.11. The van der Waals surface area contributed by atoms with Crippen molar-refractivity contribution in [1.29, 1.82) is 0 Å². The molecular weight excluding hydrogens is 463 g/mol. The van der Waals surface area contributed by atoms with Crippen molar-refractivity contribution in [2.75, 3.05) is 11.5 Å². The summed E-state index contributed by atoms with van der Waals surface area (Å²) in [7, 11) is 0. The van der Waals surface area contributed by atoms with E-state index >= 15 is 0 Å². The molecule has 0 aromatic heterocycles. The van der Waals surface area contributed by atoms with Gasteiger partial charge in [0.25, 0.3) is 11.8 Å². The Hall–Kier alpha value is -3.35. The molecule has 4 rings (SSSR count). The lowest BCUT2D eigenvalue weighted by Gasteiger charge is -2.28. The van der Waals surface area contributed by atoms with Crippen molar-refractivity contribution in [2.24, 2.45) is 0 Å². The Labute approximate surface area is 201 Å². The lowest BCUT2D eigenvalue weighted by atomic mass is 10.1. The number of carbonyl (C=O) groups excluding carboxylic acids is 3. The SMILES string of the molecule is O=C1CC(N(Cc2ccccc2Cl)C(=O)COc2ccccc2)C(=O)N1c1ccc(Cl)cc1. The van der Waals surface area contributed by atoms with Crippen LogP contribution in [0.15, 0.2) is 78.9 Å². The van der Waals surface area contributed by atoms with Gasteiger partial charge in [-0.25, -0.2) is 4.90 Å². The minimum absolute atomic E-state index is 0.0643. The van der Waals surface area contributed by atoms with Gasteiger partial charge in [-0.15, -0.1) is 0 Å². The highest BCUT2D eigenvalue weighted by Gasteiger charge is 2.44. The van der Waals surface area contributed by atoms with Crippen LogP contribution in [0.5, 0.6) is 5.75 Å². The van der Waals surface area contributed by atoms with Crippen LogP contribution in [0.1, 0.15) is 12.0 Å². The first-order chi connectivity index (χ1) is 15.9. The first kappa shape index (κ1) is 22.8. The second-order valence-corrected chi connectivity index (χ2v) is 8.32. The number of imide groups is 1. The zero-order chi connectivity index (χ0) is 23.4. The molecule has 1 heterocycles. The van der Waals surface area contributed by atoms with Crippen LogP contribution in [0.3, 0.4) is 0 Å². The predicted octanol–water partition coefficient (Wildman–Crippen LogP) is 4.73. The van der Waals surface area contributed by atoms with Crippen LogP contribution >= 0.6 is 23.2 Å². The van der Waals surface area contributed by atoms with E-state index < -0.39 is 23.8 Å². The fourth-order valence-electron chi connectivity index (χ4n) is 3.65. The first-order valence-corrected chi connectivity index (χ1v) is 11.0. The average molecular weight is 483 g/mol. The van der Waals surface area contributed by atoms with Crippen molar-refractivity contribution in [3.05, 3.63) is 94.5 Å². The van der Waals surface area contributed by atoms with Crippen LogP contribution in [-0.4, -0.2) is 35.3 Å². The van der Waals surface area contributed by atoms with Gasteiger partial charge in [0.1, 0.15) is 11.8 Å². The molecule has 1 aliphatic rings. The Bertz CT molecular complexity index is 1170. The summed E-state index contributed by atoms with van der Waals surface area (Å²) in [5.74, 6) is -0.779. The number of carbonyl (C=O) groups is 3. The fraction of sp³-hybridized carbons (Fsp3) is 0.160. The molecule has 1 aliphatic heterocycles. The van der Waals surface area contributed by atoms with Crippen LogP contribution in [0.4, 0.5) is 5.69 Å². The molecule has 1 saturated heterocycles. The van der Waals surface area contributed by atoms with Crippen LogP contribution in [0.25, 0.3) is 0 Å².